The zero-order chi connectivity index (χ0) is 14.1. The van der Waals surface area contributed by atoms with Crippen molar-refractivity contribution in [1.29, 1.82) is 0 Å². The van der Waals surface area contributed by atoms with Crippen molar-refractivity contribution in [2.24, 2.45) is 0 Å². The second-order valence-corrected chi connectivity index (χ2v) is 8.86. The number of hydrogen-bond acceptors (Lipinski definition) is 3. The Morgan fingerprint density at radius 3 is 2.75 bits per heavy atom. The summed E-state index contributed by atoms with van der Waals surface area (Å²) in [6.45, 7) is 4.58. The molecular formula is C16H18BrNS2. The van der Waals surface area contributed by atoms with Crippen LogP contribution < -0.4 is 5.32 Å². The van der Waals surface area contributed by atoms with Crippen molar-refractivity contribution in [3.63, 3.8) is 0 Å². The predicted molar refractivity (Wildman–Crippen MR) is 92.7 cm³/mol. The van der Waals surface area contributed by atoms with Gasteiger partial charge in [0.15, 0.2) is 0 Å². The van der Waals surface area contributed by atoms with Crippen LogP contribution in [0.5, 0.6) is 0 Å². The van der Waals surface area contributed by atoms with E-state index in [0.717, 1.165) is 4.47 Å². The van der Waals surface area contributed by atoms with Gasteiger partial charge < -0.3 is 5.32 Å². The molecule has 1 aliphatic heterocycles. The van der Waals surface area contributed by atoms with Crippen LogP contribution in [0, 0.1) is 0 Å². The average molecular weight is 368 g/mol. The lowest BCUT2D eigenvalue weighted by Gasteiger charge is -2.30. The van der Waals surface area contributed by atoms with Gasteiger partial charge in [-0.05, 0) is 48.1 Å². The molecule has 3 atom stereocenters. The summed E-state index contributed by atoms with van der Waals surface area (Å²) in [5, 5.41) is 6.71. The number of nitrogens with one attached hydrogen (secondary N) is 1. The maximum Gasteiger partial charge on any atom is 0.0649 e. The first-order valence-corrected chi connectivity index (χ1v) is 9.44. The lowest BCUT2D eigenvalue weighted by Crippen LogP contribution is -2.28. The van der Waals surface area contributed by atoms with Crippen molar-refractivity contribution in [3.8, 4) is 0 Å². The highest BCUT2D eigenvalue weighted by atomic mass is 79.9. The first kappa shape index (κ1) is 14.6. The number of hydrogen-bond donors (Lipinski definition) is 1. The Morgan fingerprint density at radius 2 is 2.00 bits per heavy atom. The molecule has 1 aromatic heterocycles. The van der Waals surface area contributed by atoms with E-state index in [9.17, 15) is 0 Å². The third kappa shape index (κ3) is 3.14. The van der Waals surface area contributed by atoms with Crippen molar-refractivity contribution in [2.45, 2.75) is 41.8 Å². The highest BCUT2D eigenvalue weighted by molar-refractivity contribution is 9.10. The molecule has 2 aromatic rings. The smallest absolute Gasteiger partial charge is 0.0649 e. The molecule has 1 unspecified atom stereocenters. The highest BCUT2D eigenvalue weighted by Crippen LogP contribution is 2.44. The SMILES string of the molecule is C[C@H](NC1C[C@H](C)Sc2sccc21)c1ccc(Br)cc1. The van der Waals surface area contributed by atoms with E-state index in [1.807, 2.05) is 23.1 Å². The van der Waals surface area contributed by atoms with E-state index < -0.39 is 0 Å². The van der Waals surface area contributed by atoms with Crippen LogP contribution in [0.25, 0.3) is 0 Å². The molecule has 0 amide bonds. The molecular weight excluding hydrogens is 350 g/mol. The van der Waals surface area contributed by atoms with Crippen molar-refractivity contribution in [3.05, 3.63) is 51.3 Å². The molecule has 106 valence electrons. The largest absolute Gasteiger partial charge is 0.303 e. The Labute approximate surface area is 137 Å². The van der Waals surface area contributed by atoms with Crippen LogP contribution in [0.3, 0.4) is 0 Å². The normalized spacial score (nSPS) is 23.4. The molecule has 0 fully saturated rings. The molecule has 1 aromatic carbocycles. The number of benzene rings is 1. The van der Waals surface area contributed by atoms with Gasteiger partial charge in [-0.15, -0.1) is 23.1 Å². The Morgan fingerprint density at radius 1 is 1.25 bits per heavy atom. The second-order valence-electron chi connectivity index (χ2n) is 5.32. The molecule has 20 heavy (non-hydrogen) atoms. The highest BCUT2D eigenvalue weighted by Gasteiger charge is 2.27. The van der Waals surface area contributed by atoms with Crippen LogP contribution in [0.15, 0.2) is 44.4 Å². The molecule has 0 bridgehead atoms. The minimum Gasteiger partial charge on any atom is -0.303 e. The molecule has 0 spiro atoms. The standard InChI is InChI=1S/C16H18BrNS2/c1-10-9-15(14-7-8-19-16(14)20-10)18-11(2)12-3-5-13(17)6-4-12/h3-8,10-11,15,18H,9H2,1-2H3/t10-,11-,15?/m0/s1. The Hall–Kier alpha value is -0.290. The lowest BCUT2D eigenvalue weighted by atomic mass is 10.0. The average Bonchev–Trinajstić information content (AvgIpc) is 2.87. The number of fused-ring (bicyclic) bond motifs is 1. The van der Waals surface area contributed by atoms with Crippen LogP contribution >= 0.6 is 39.0 Å². The number of thiophene rings is 1. The summed E-state index contributed by atoms with van der Waals surface area (Å²) in [6.07, 6.45) is 1.20. The summed E-state index contributed by atoms with van der Waals surface area (Å²) in [5.74, 6) is 0. The van der Waals surface area contributed by atoms with Crippen molar-refractivity contribution >= 4 is 39.0 Å². The summed E-state index contributed by atoms with van der Waals surface area (Å²) < 4.78 is 2.63. The summed E-state index contributed by atoms with van der Waals surface area (Å²) in [4.78, 5) is 0. The molecule has 2 heterocycles. The first-order chi connectivity index (χ1) is 9.63. The zero-order valence-electron chi connectivity index (χ0n) is 11.6. The fourth-order valence-electron chi connectivity index (χ4n) is 2.66. The van der Waals surface area contributed by atoms with Crippen LogP contribution in [-0.2, 0) is 0 Å². The van der Waals surface area contributed by atoms with Gasteiger partial charge >= 0.3 is 0 Å². The molecule has 3 rings (SSSR count). The van der Waals surface area contributed by atoms with Gasteiger partial charge in [-0.3, -0.25) is 0 Å². The van der Waals surface area contributed by atoms with Crippen molar-refractivity contribution in [2.75, 3.05) is 0 Å². The molecule has 0 saturated heterocycles. The number of thioether (sulfide) groups is 1. The van der Waals surface area contributed by atoms with E-state index in [4.69, 9.17) is 0 Å². The van der Waals surface area contributed by atoms with Crippen molar-refractivity contribution in [1.82, 2.24) is 5.32 Å². The van der Waals surface area contributed by atoms with E-state index >= 15 is 0 Å². The molecule has 1 N–H and O–H groups in total. The zero-order valence-corrected chi connectivity index (χ0v) is 14.8. The molecule has 4 heteroatoms. The van der Waals surface area contributed by atoms with Gasteiger partial charge in [0.1, 0.15) is 0 Å². The van der Waals surface area contributed by atoms with Gasteiger partial charge in [-0.1, -0.05) is 35.0 Å². The van der Waals surface area contributed by atoms with E-state index in [1.54, 1.807) is 0 Å². The van der Waals surface area contributed by atoms with Gasteiger partial charge in [0, 0.05) is 21.8 Å². The lowest BCUT2D eigenvalue weighted by molar-refractivity contribution is 0.435. The van der Waals surface area contributed by atoms with Gasteiger partial charge in [0.2, 0.25) is 0 Å². The van der Waals surface area contributed by atoms with E-state index in [0.29, 0.717) is 17.3 Å². The molecule has 1 nitrogen and oxygen atoms in total. The van der Waals surface area contributed by atoms with Crippen LogP contribution in [-0.4, -0.2) is 5.25 Å². The maximum atomic E-state index is 3.81. The van der Waals surface area contributed by atoms with Crippen LogP contribution in [0.4, 0.5) is 0 Å². The molecule has 0 radical (unpaired) electrons. The summed E-state index contributed by atoms with van der Waals surface area (Å²) >= 11 is 7.39. The summed E-state index contributed by atoms with van der Waals surface area (Å²) in [5.41, 5.74) is 2.83. The quantitative estimate of drug-likeness (QED) is 0.736. The Balaban J connectivity index is 1.76. The summed E-state index contributed by atoms with van der Waals surface area (Å²) in [7, 11) is 0. The van der Waals surface area contributed by atoms with E-state index in [1.165, 1.54) is 21.8 Å². The van der Waals surface area contributed by atoms with Gasteiger partial charge in [-0.2, -0.15) is 0 Å². The Kier molecular flexibility index (Phi) is 4.55. The fraction of sp³-hybridized carbons (Fsp3) is 0.375. The number of rotatable bonds is 3. The number of halogens is 1. The van der Waals surface area contributed by atoms with Crippen LogP contribution in [0.2, 0.25) is 0 Å². The Bertz CT molecular complexity index is 578. The first-order valence-electron chi connectivity index (χ1n) is 6.89. The van der Waals surface area contributed by atoms with Gasteiger partial charge in [0.25, 0.3) is 0 Å². The molecule has 0 aliphatic carbocycles. The van der Waals surface area contributed by atoms with Crippen LogP contribution in [0.1, 0.15) is 43.5 Å². The van der Waals surface area contributed by atoms with Gasteiger partial charge in [-0.25, -0.2) is 0 Å². The fourth-order valence-corrected chi connectivity index (χ4v) is 5.49. The van der Waals surface area contributed by atoms with Gasteiger partial charge in [0.05, 0.1) is 4.21 Å². The third-order valence-electron chi connectivity index (χ3n) is 3.73. The molecule has 1 aliphatic rings. The minimum atomic E-state index is 0.371. The van der Waals surface area contributed by atoms with E-state index in [-0.39, 0.29) is 0 Å². The van der Waals surface area contributed by atoms with Crippen molar-refractivity contribution < 1.29 is 0 Å². The predicted octanol–water partition coefficient (Wildman–Crippen LogP) is 5.79. The topological polar surface area (TPSA) is 12.0 Å². The second kappa shape index (κ2) is 6.22. The summed E-state index contributed by atoms with van der Waals surface area (Å²) in [6, 6.07) is 11.7. The maximum absolute atomic E-state index is 3.81. The third-order valence-corrected chi connectivity index (χ3v) is 6.60. The van der Waals surface area contributed by atoms with E-state index in [2.05, 4.69) is 70.8 Å². The molecule has 0 saturated carbocycles. The minimum absolute atomic E-state index is 0.371. The monoisotopic (exact) mass is 367 g/mol.